The van der Waals surface area contributed by atoms with E-state index in [1.807, 2.05) is 0 Å². The maximum Gasteiger partial charge on any atom is 0.272 e. The minimum atomic E-state index is -0.314. The molecule has 0 bridgehead atoms. The Bertz CT molecular complexity index is 740. The minimum Gasteiger partial charge on any atom is -0.344 e. The first-order chi connectivity index (χ1) is 11.5. The van der Waals surface area contributed by atoms with Gasteiger partial charge in [0.05, 0.1) is 6.04 Å². The topological polar surface area (TPSA) is 74.8 Å². The largest absolute Gasteiger partial charge is 0.344 e. The average Bonchev–Trinajstić information content (AvgIpc) is 3.38. The summed E-state index contributed by atoms with van der Waals surface area (Å²) >= 11 is 0. The van der Waals surface area contributed by atoms with Crippen LogP contribution in [0.5, 0.6) is 0 Å². The van der Waals surface area contributed by atoms with E-state index in [-0.39, 0.29) is 23.2 Å². The van der Waals surface area contributed by atoms with Crippen molar-refractivity contribution in [3.05, 3.63) is 63.6 Å². The van der Waals surface area contributed by atoms with Gasteiger partial charge in [0, 0.05) is 6.07 Å². The van der Waals surface area contributed by atoms with Crippen LogP contribution in [0.15, 0.2) is 41.2 Å². The molecule has 1 atom stereocenters. The van der Waals surface area contributed by atoms with Crippen LogP contribution >= 0.6 is 0 Å². The number of amides is 1. The number of benzene rings is 1. The van der Waals surface area contributed by atoms with E-state index in [4.69, 9.17) is 0 Å². The highest BCUT2D eigenvalue weighted by Gasteiger charge is 2.33. The third-order valence-corrected chi connectivity index (χ3v) is 4.27. The van der Waals surface area contributed by atoms with Gasteiger partial charge in [-0.25, -0.2) is 5.10 Å². The quantitative estimate of drug-likeness (QED) is 0.857. The van der Waals surface area contributed by atoms with Gasteiger partial charge in [0.25, 0.3) is 11.5 Å². The first kappa shape index (κ1) is 16.4. The molecule has 0 spiro atoms. The van der Waals surface area contributed by atoms with E-state index in [1.54, 1.807) is 0 Å². The van der Waals surface area contributed by atoms with Crippen LogP contribution in [0, 0.1) is 11.8 Å². The van der Waals surface area contributed by atoms with Gasteiger partial charge in [0.15, 0.2) is 0 Å². The molecule has 24 heavy (non-hydrogen) atoms. The predicted molar refractivity (Wildman–Crippen MR) is 92.8 cm³/mol. The molecule has 0 unspecified atom stereocenters. The predicted octanol–water partition coefficient (Wildman–Crippen LogP) is 2.85. The normalized spacial score (nSPS) is 15.3. The van der Waals surface area contributed by atoms with Crippen LogP contribution in [-0.4, -0.2) is 16.1 Å². The Morgan fingerprint density at radius 2 is 1.92 bits per heavy atom. The number of H-pyrrole nitrogens is 1. The third-order valence-electron chi connectivity index (χ3n) is 4.27. The molecule has 0 saturated heterocycles. The summed E-state index contributed by atoms with van der Waals surface area (Å²) in [7, 11) is 0. The van der Waals surface area contributed by atoms with Gasteiger partial charge in [-0.2, -0.15) is 5.10 Å². The number of aromatic amines is 1. The van der Waals surface area contributed by atoms with Gasteiger partial charge in [-0.1, -0.05) is 38.1 Å². The zero-order valence-corrected chi connectivity index (χ0v) is 14.1. The summed E-state index contributed by atoms with van der Waals surface area (Å²) in [6.07, 6.45) is 3.30. The molecule has 0 radical (unpaired) electrons. The Labute approximate surface area is 141 Å². The fourth-order valence-electron chi connectivity index (χ4n) is 2.92. The standard InChI is InChI=1S/C19H23N3O2/c1-12(2)11-13-3-5-14(6-4-13)18(15-7-8-15)20-19(24)16-9-10-17(23)22-21-16/h3-6,9-10,12,15,18H,7-8,11H2,1-2H3,(H,20,24)(H,22,23)/t18-/m0/s1. The third kappa shape index (κ3) is 4.10. The molecule has 5 heteroatoms. The zero-order chi connectivity index (χ0) is 17.1. The van der Waals surface area contributed by atoms with Crippen molar-refractivity contribution in [1.29, 1.82) is 0 Å². The van der Waals surface area contributed by atoms with Crippen LogP contribution in [0.3, 0.4) is 0 Å². The molecule has 5 nitrogen and oxygen atoms in total. The molecule has 0 aliphatic heterocycles. The fourth-order valence-corrected chi connectivity index (χ4v) is 2.92. The molecule has 3 rings (SSSR count). The molecule has 2 aromatic rings. The number of hydrogen-bond acceptors (Lipinski definition) is 3. The van der Waals surface area contributed by atoms with Crippen molar-refractivity contribution in [2.75, 3.05) is 0 Å². The van der Waals surface area contributed by atoms with Gasteiger partial charge in [-0.3, -0.25) is 9.59 Å². The lowest BCUT2D eigenvalue weighted by atomic mass is 9.97. The summed E-state index contributed by atoms with van der Waals surface area (Å²) in [5, 5.41) is 9.17. The molecule has 1 saturated carbocycles. The molecule has 2 N–H and O–H groups in total. The number of hydrogen-bond donors (Lipinski definition) is 2. The van der Waals surface area contributed by atoms with Crippen LogP contribution in [0.2, 0.25) is 0 Å². The van der Waals surface area contributed by atoms with Crippen molar-refractivity contribution >= 4 is 5.91 Å². The van der Waals surface area contributed by atoms with Crippen LogP contribution in [-0.2, 0) is 6.42 Å². The molecule has 1 aromatic heterocycles. The highest BCUT2D eigenvalue weighted by molar-refractivity contribution is 5.92. The lowest BCUT2D eigenvalue weighted by Gasteiger charge is -2.19. The van der Waals surface area contributed by atoms with Crippen molar-refractivity contribution in [3.8, 4) is 0 Å². The number of nitrogens with zero attached hydrogens (tertiary/aromatic N) is 1. The molecule has 1 aliphatic rings. The number of aromatic nitrogens is 2. The van der Waals surface area contributed by atoms with E-state index in [0.717, 1.165) is 24.8 Å². The smallest absolute Gasteiger partial charge is 0.272 e. The van der Waals surface area contributed by atoms with Crippen molar-refractivity contribution in [3.63, 3.8) is 0 Å². The van der Waals surface area contributed by atoms with Gasteiger partial charge in [-0.15, -0.1) is 0 Å². The molecule has 1 aliphatic carbocycles. The second-order valence-corrected chi connectivity index (χ2v) is 6.93. The molecule has 1 heterocycles. The Morgan fingerprint density at radius 3 is 2.46 bits per heavy atom. The lowest BCUT2D eigenvalue weighted by molar-refractivity contribution is 0.0925. The Balaban J connectivity index is 1.74. The van der Waals surface area contributed by atoms with E-state index in [0.29, 0.717) is 11.8 Å². The Hall–Kier alpha value is -2.43. The minimum absolute atomic E-state index is 0.000622. The average molecular weight is 325 g/mol. The maximum atomic E-state index is 12.4. The van der Waals surface area contributed by atoms with E-state index >= 15 is 0 Å². The lowest BCUT2D eigenvalue weighted by Crippen LogP contribution is -2.31. The van der Waals surface area contributed by atoms with Gasteiger partial charge in [0.2, 0.25) is 0 Å². The van der Waals surface area contributed by atoms with Crippen molar-refractivity contribution < 1.29 is 4.79 Å². The summed E-state index contributed by atoms with van der Waals surface area (Å²) in [6.45, 7) is 4.41. The molecule has 1 aromatic carbocycles. The Morgan fingerprint density at radius 1 is 1.21 bits per heavy atom. The molecular weight excluding hydrogens is 302 g/mol. The van der Waals surface area contributed by atoms with Gasteiger partial charge >= 0.3 is 0 Å². The number of carbonyl (C=O) groups excluding carboxylic acids is 1. The van der Waals surface area contributed by atoms with Crippen molar-refractivity contribution in [2.24, 2.45) is 11.8 Å². The van der Waals surface area contributed by atoms with Gasteiger partial charge in [0.1, 0.15) is 5.69 Å². The second-order valence-electron chi connectivity index (χ2n) is 6.93. The second kappa shape index (κ2) is 6.99. The number of nitrogens with one attached hydrogen (secondary N) is 2. The molecule has 1 amide bonds. The van der Waals surface area contributed by atoms with Crippen molar-refractivity contribution in [1.82, 2.24) is 15.5 Å². The van der Waals surface area contributed by atoms with E-state index in [1.165, 1.54) is 17.7 Å². The maximum absolute atomic E-state index is 12.4. The van der Waals surface area contributed by atoms with Crippen LogP contribution < -0.4 is 10.9 Å². The highest BCUT2D eigenvalue weighted by atomic mass is 16.2. The first-order valence-corrected chi connectivity index (χ1v) is 8.48. The summed E-state index contributed by atoms with van der Waals surface area (Å²) in [6, 6.07) is 11.3. The summed E-state index contributed by atoms with van der Waals surface area (Å²) in [5.41, 5.74) is 2.36. The molecule has 1 fully saturated rings. The number of rotatable bonds is 6. The van der Waals surface area contributed by atoms with E-state index < -0.39 is 0 Å². The van der Waals surface area contributed by atoms with Crippen LogP contribution in [0.4, 0.5) is 0 Å². The SMILES string of the molecule is CC(C)Cc1ccc([C@H](NC(=O)c2ccc(=O)[nH]n2)C2CC2)cc1. The number of carbonyl (C=O) groups is 1. The fraction of sp³-hybridized carbons (Fsp3) is 0.421. The van der Waals surface area contributed by atoms with E-state index in [9.17, 15) is 9.59 Å². The first-order valence-electron chi connectivity index (χ1n) is 8.48. The van der Waals surface area contributed by atoms with Crippen LogP contribution in [0.1, 0.15) is 54.3 Å². The van der Waals surface area contributed by atoms with Crippen molar-refractivity contribution in [2.45, 2.75) is 39.2 Å². The zero-order valence-electron chi connectivity index (χ0n) is 14.1. The van der Waals surface area contributed by atoms with Crippen LogP contribution in [0.25, 0.3) is 0 Å². The molecule has 126 valence electrons. The summed E-state index contributed by atoms with van der Waals surface area (Å²) < 4.78 is 0. The molecular formula is C19H23N3O2. The highest BCUT2D eigenvalue weighted by Crippen LogP contribution is 2.41. The van der Waals surface area contributed by atoms with Gasteiger partial charge < -0.3 is 5.32 Å². The van der Waals surface area contributed by atoms with E-state index in [2.05, 4.69) is 53.6 Å². The summed E-state index contributed by atoms with van der Waals surface area (Å²) in [5.74, 6) is 0.850. The monoisotopic (exact) mass is 325 g/mol. The summed E-state index contributed by atoms with van der Waals surface area (Å²) in [4.78, 5) is 23.5. The Kier molecular flexibility index (Phi) is 4.79. The van der Waals surface area contributed by atoms with Gasteiger partial charge in [-0.05, 0) is 48.3 Å².